The number of aliphatic imine (C=N–C) groups is 1. The minimum atomic E-state index is -2.59. The molecule has 1 aliphatic rings. The van der Waals surface area contributed by atoms with Gasteiger partial charge in [-0.25, -0.2) is 4.98 Å². The van der Waals surface area contributed by atoms with E-state index >= 15 is 0 Å². The van der Waals surface area contributed by atoms with Crippen LogP contribution in [0.25, 0.3) is 0 Å². The van der Waals surface area contributed by atoms with Crippen molar-refractivity contribution in [3.63, 3.8) is 0 Å². The topological polar surface area (TPSA) is 67.2 Å². The lowest BCUT2D eigenvalue weighted by molar-refractivity contribution is 0.588. The summed E-state index contributed by atoms with van der Waals surface area (Å²) in [4.78, 5) is 12.9. The van der Waals surface area contributed by atoms with Gasteiger partial charge in [0.15, 0.2) is 0 Å². The van der Waals surface area contributed by atoms with Gasteiger partial charge in [-0.2, -0.15) is 4.98 Å². The lowest BCUT2D eigenvalue weighted by Gasteiger charge is -2.19. The van der Waals surface area contributed by atoms with Crippen molar-refractivity contribution in [3.05, 3.63) is 46.3 Å². The number of rotatable bonds is 6. The fourth-order valence-electron chi connectivity index (χ4n) is 2.99. The van der Waals surface area contributed by atoms with Crippen LogP contribution in [0, 0.1) is 12.8 Å². The van der Waals surface area contributed by atoms with Crippen LogP contribution in [0.4, 0.5) is 17.2 Å². The first-order chi connectivity index (χ1) is 12.7. The van der Waals surface area contributed by atoms with Crippen LogP contribution in [-0.4, -0.2) is 29.0 Å². The predicted molar refractivity (Wildman–Crippen MR) is 118 cm³/mol. The molecule has 8 heteroatoms. The number of hydrogen-bond donors (Lipinski definition) is 1. The van der Waals surface area contributed by atoms with Crippen molar-refractivity contribution in [1.29, 1.82) is 0 Å². The SMILES string of the molecule is C=CC(=Nc1ccc(Nc2nc(Cl)ncc2Br)c(P(C)(C)=O)c1C)C1CC1. The maximum Gasteiger partial charge on any atom is 0.224 e. The number of hydrogen-bond acceptors (Lipinski definition) is 5. The third-order valence-electron chi connectivity index (χ3n) is 4.36. The second-order valence-electron chi connectivity index (χ2n) is 6.93. The summed E-state index contributed by atoms with van der Waals surface area (Å²) in [6.45, 7) is 9.34. The van der Waals surface area contributed by atoms with Crippen LogP contribution in [0.3, 0.4) is 0 Å². The number of nitrogens with zero attached hydrogens (tertiary/aromatic N) is 3. The zero-order valence-corrected chi connectivity index (χ0v) is 18.7. The Balaban J connectivity index is 2.09. The molecule has 0 spiro atoms. The highest BCUT2D eigenvalue weighted by Crippen LogP contribution is 2.43. The van der Waals surface area contributed by atoms with Gasteiger partial charge >= 0.3 is 0 Å². The largest absolute Gasteiger partial charge is 0.339 e. The average molecular weight is 468 g/mol. The third kappa shape index (κ3) is 4.68. The molecule has 0 aliphatic heterocycles. The van der Waals surface area contributed by atoms with E-state index in [2.05, 4.69) is 37.8 Å². The molecule has 0 bridgehead atoms. The highest BCUT2D eigenvalue weighted by Gasteiger charge is 2.27. The molecule has 27 heavy (non-hydrogen) atoms. The molecule has 1 N–H and O–H groups in total. The summed E-state index contributed by atoms with van der Waals surface area (Å²) in [7, 11) is -2.59. The monoisotopic (exact) mass is 466 g/mol. The lowest BCUT2D eigenvalue weighted by atomic mass is 10.1. The predicted octanol–water partition coefficient (Wildman–Crippen LogP) is 5.86. The Hall–Kier alpha value is -1.49. The first-order valence-corrected chi connectivity index (χ1v) is 12.3. The molecule has 1 aromatic heterocycles. The Morgan fingerprint density at radius 2 is 2.15 bits per heavy atom. The Morgan fingerprint density at radius 3 is 2.74 bits per heavy atom. The van der Waals surface area contributed by atoms with Gasteiger partial charge in [0.2, 0.25) is 5.28 Å². The fraction of sp³-hybridized carbons (Fsp3) is 0.316. The van der Waals surface area contributed by atoms with Crippen molar-refractivity contribution in [2.24, 2.45) is 10.9 Å². The van der Waals surface area contributed by atoms with E-state index in [-0.39, 0.29) is 5.28 Å². The van der Waals surface area contributed by atoms with Crippen LogP contribution in [0.1, 0.15) is 18.4 Å². The van der Waals surface area contributed by atoms with Crippen LogP contribution in [0.5, 0.6) is 0 Å². The zero-order chi connectivity index (χ0) is 19.8. The number of aromatic nitrogens is 2. The molecular weight excluding hydrogens is 447 g/mol. The summed E-state index contributed by atoms with van der Waals surface area (Å²) >= 11 is 9.33. The van der Waals surface area contributed by atoms with Crippen LogP contribution in [0.2, 0.25) is 5.28 Å². The molecule has 1 fully saturated rings. The van der Waals surface area contributed by atoms with E-state index in [0.717, 1.165) is 40.8 Å². The number of benzene rings is 1. The molecule has 142 valence electrons. The lowest BCUT2D eigenvalue weighted by Crippen LogP contribution is -2.14. The minimum absolute atomic E-state index is 0.136. The van der Waals surface area contributed by atoms with E-state index in [1.165, 1.54) is 0 Å². The van der Waals surface area contributed by atoms with Gasteiger partial charge < -0.3 is 9.88 Å². The van der Waals surface area contributed by atoms with Gasteiger partial charge in [0.05, 0.1) is 15.8 Å². The van der Waals surface area contributed by atoms with Crippen LogP contribution < -0.4 is 10.6 Å². The molecule has 0 amide bonds. The molecule has 1 aromatic carbocycles. The molecule has 0 unspecified atom stereocenters. The average Bonchev–Trinajstić information content (AvgIpc) is 3.41. The smallest absolute Gasteiger partial charge is 0.224 e. The van der Waals surface area contributed by atoms with Crippen LogP contribution in [-0.2, 0) is 4.57 Å². The molecule has 0 radical (unpaired) electrons. The van der Waals surface area contributed by atoms with E-state index in [0.29, 0.717) is 16.2 Å². The van der Waals surface area contributed by atoms with E-state index in [9.17, 15) is 4.57 Å². The van der Waals surface area contributed by atoms with Gasteiger partial charge in [0.25, 0.3) is 0 Å². The van der Waals surface area contributed by atoms with Crippen molar-refractivity contribution in [1.82, 2.24) is 9.97 Å². The van der Waals surface area contributed by atoms with Crippen LogP contribution in [0.15, 0.2) is 40.4 Å². The molecule has 1 saturated carbocycles. The molecule has 0 saturated heterocycles. The summed E-state index contributed by atoms with van der Waals surface area (Å²) in [5.74, 6) is 1.02. The number of anilines is 2. The van der Waals surface area contributed by atoms with Crippen molar-refractivity contribution in [2.45, 2.75) is 19.8 Å². The summed E-state index contributed by atoms with van der Waals surface area (Å²) in [5.41, 5.74) is 3.43. The third-order valence-corrected chi connectivity index (χ3v) is 6.78. The molecular formula is C19H21BrClN4OP. The summed E-state index contributed by atoms with van der Waals surface area (Å²) in [6, 6.07) is 3.82. The zero-order valence-electron chi connectivity index (χ0n) is 15.5. The van der Waals surface area contributed by atoms with Gasteiger partial charge in [0, 0.05) is 23.1 Å². The van der Waals surface area contributed by atoms with E-state index < -0.39 is 7.14 Å². The molecule has 3 rings (SSSR count). The summed E-state index contributed by atoms with van der Waals surface area (Å²) in [5, 5.41) is 4.13. The maximum atomic E-state index is 13.1. The summed E-state index contributed by atoms with van der Waals surface area (Å²) < 4.78 is 13.7. The van der Waals surface area contributed by atoms with Crippen LogP contribution >= 0.6 is 34.7 Å². The molecule has 0 atom stereocenters. The Kier molecular flexibility index (Phi) is 5.90. The van der Waals surface area contributed by atoms with Gasteiger partial charge in [-0.15, -0.1) is 0 Å². The quantitative estimate of drug-likeness (QED) is 0.328. The number of allylic oxidation sites excluding steroid dienone is 1. The minimum Gasteiger partial charge on any atom is -0.339 e. The van der Waals surface area contributed by atoms with Crippen molar-refractivity contribution in [3.8, 4) is 0 Å². The Labute approximate surface area is 172 Å². The fourth-order valence-corrected chi connectivity index (χ4v) is 5.04. The number of halogens is 2. The molecule has 5 nitrogen and oxygen atoms in total. The van der Waals surface area contributed by atoms with Gasteiger partial charge in [0.1, 0.15) is 13.0 Å². The van der Waals surface area contributed by atoms with Gasteiger partial charge in [-0.3, -0.25) is 4.99 Å². The first-order valence-electron chi connectivity index (χ1n) is 8.56. The van der Waals surface area contributed by atoms with E-state index in [4.69, 9.17) is 16.6 Å². The second-order valence-corrected chi connectivity index (χ2v) is 11.3. The Morgan fingerprint density at radius 1 is 1.44 bits per heavy atom. The summed E-state index contributed by atoms with van der Waals surface area (Å²) in [6.07, 6.45) is 5.70. The molecule has 2 aromatic rings. The number of nitrogens with one attached hydrogen (secondary N) is 1. The molecule has 1 heterocycles. The van der Waals surface area contributed by atoms with Gasteiger partial charge in [-0.05, 0) is 84.4 Å². The van der Waals surface area contributed by atoms with Crippen molar-refractivity contribution >= 4 is 62.9 Å². The first kappa shape index (κ1) is 20.2. The van der Waals surface area contributed by atoms with E-state index in [1.807, 2.05) is 25.1 Å². The highest BCUT2D eigenvalue weighted by molar-refractivity contribution is 9.10. The Bertz CT molecular complexity index is 982. The highest BCUT2D eigenvalue weighted by atomic mass is 79.9. The molecule has 1 aliphatic carbocycles. The van der Waals surface area contributed by atoms with Crippen molar-refractivity contribution < 1.29 is 4.57 Å². The second kappa shape index (κ2) is 7.86. The maximum absolute atomic E-state index is 13.1. The van der Waals surface area contributed by atoms with E-state index in [1.54, 1.807) is 19.5 Å². The normalized spacial score (nSPS) is 14.9. The standard InChI is InChI=1S/C19H21BrClN4OP/c1-5-14(12-6-7-12)23-15-8-9-16(17(11(15)2)27(3,4)26)24-18-13(20)10-22-19(21)25-18/h5,8-10,12H,1,6-7H2,2-4H3,(H,22,24,25). The van der Waals surface area contributed by atoms with Crippen molar-refractivity contribution in [2.75, 3.05) is 18.6 Å². The van der Waals surface area contributed by atoms with Gasteiger partial charge in [-0.1, -0.05) is 6.58 Å².